The van der Waals surface area contributed by atoms with Crippen molar-refractivity contribution >= 4 is 17.5 Å². The maximum absolute atomic E-state index is 13.3. The largest absolute Gasteiger partial charge is 0.354 e. The maximum atomic E-state index is 13.3. The van der Waals surface area contributed by atoms with Crippen LogP contribution >= 0.6 is 0 Å². The Kier molecular flexibility index (Phi) is 7.11. The van der Waals surface area contributed by atoms with Gasteiger partial charge in [0.15, 0.2) is 5.69 Å². The minimum atomic E-state index is -0.534. The number of carbonyl (C=O) groups is 2. The Balaban J connectivity index is 2.06. The van der Waals surface area contributed by atoms with E-state index in [1.807, 2.05) is 20.8 Å². The van der Waals surface area contributed by atoms with Gasteiger partial charge in [0.1, 0.15) is 11.5 Å². The van der Waals surface area contributed by atoms with Crippen molar-refractivity contribution in [2.24, 2.45) is 10.4 Å². The van der Waals surface area contributed by atoms with Crippen molar-refractivity contribution in [1.82, 2.24) is 19.8 Å². The van der Waals surface area contributed by atoms with Crippen LogP contribution < -0.4 is 5.32 Å². The molecule has 0 aromatic carbocycles. The summed E-state index contributed by atoms with van der Waals surface area (Å²) in [6.07, 6.45) is 8.32. The molecule has 1 aliphatic carbocycles. The van der Waals surface area contributed by atoms with Gasteiger partial charge in [-0.1, -0.05) is 46.5 Å². The van der Waals surface area contributed by atoms with Crippen molar-refractivity contribution in [3.8, 4) is 0 Å². The quantitative estimate of drug-likeness (QED) is 0.605. The molecule has 1 aromatic rings. The molecule has 0 bridgehead atoms. The molecule has 1 aliphatic heterocycles. The van der Waals surface area contributed by atoms with Crippen LogP contribution in [0.2, 0.25) is 0 Å². The van der Waals surface area contributed by atoms with Crippen LogP contribution in [0.1, 0.15) is 93.6 Å². The lowest BCUT2D eigenvalue weighted by Gasteiger charge is -2.19. The highest BCUT2D eigenvalue weighted by molar-refractivity contribution is 6.42. The SMILES string of the molecule is CNC(=O)C(=NC(=O)c1nc(C2CCCCCC2)n2c1CN(C)CCC2)C(C)(C)C. The molecule has 0 unspecified atom stereocenters. The molecular weight excluding hydrogens is 378 g/mol. The second kappa shape index (κ2) is 9.41. The summed E-state index contributed by atoms with van der Waals surface area (Å²) in [5.41, 5.74) is 1.09. The Bertz CT molecular complexity index is 810. The van der Waals surface area contributed by atoms with Gasteiger partial charge < -0.3 is 14.8 Å². The molecule has 1 aromatic heterocycles. The summed E-state index contributed by atoms with van der Waals surface area (Å²) >= 11 is 0. The van der Waals surface area contributed by atoms with E-state index in [-0.39, 0.29) is 11.6 Å². The highest BCUT2D eigenvalue weighted by atomic mass is 16.2. The van der Waals surface area contributed by atoms with Crippen LogP contribution in [0.5, 0.6) is 0 Å². The number of imidazole rings is 1. The van der Waals surface area contributed by atoms with Gasteiger partial charge in [0, 0.05) is 31.5 Å². The molecule has 1 N–H and O–H groups in total. The Morgan fingerprint density at radius 1 is 1.07 bits per heavy atom. The van der Waals surface area contributed by atoms with Gasteiger partial charge in [0.25, 0.3) is 11.8 Å². The van der Waals surface area contributed by atoms with Gasteiger partial charge in [0.05, 0.1) is 5.69 Å². The summed E-state index contributed by atoms with van der Waals surface area (Å²) in [6, 6.07) is 0. The normalized spacial score (nSPS) is 19.7. The molecule has 0 atom stereocenters. The summed E-state index contributed by atoms with van der Waals surface area (Å²) in [5, 5.41) is 2.62. The third kappa shape index (κ3) is 4.99. The van der Waals surface area contributed by atoms with Crippen LogP contribution in [0.15, 0.2) is 4.99 Å². The Morgan fingerprint density at radius 3 is 2.33 bits per heavy atom. The molecule has 0 radical (unpaired) electrons. The summed E-state index contributed by atoms with van der Waals surface area (Å²) in [5.74, 6) is 0.740. The number of amides is 2. The first-order valence-electron chi connectivity index (χ1n) is 11.4. The number of aromatic nitrogens is 2. The second-order valence-electron chi connectivity index (χ2n) is 9.79. The molecule has 30 heavy (non-hydrogen) atoms. The zero-order valence-electron chi connectivity index (χ0n) is 19.3. The highest BCUT2D eigenvalue weighted by Gasteiger charge is 2.31. The molecule has 0 spiro atoms. The Hall–Kier alpha value is -2.02. The summed E-state index contributed by atoms with van der Waals surface area (Å²) < 4.78 is 2.29. The van der Waals surface area contributed by atoms with Crippen molar-refractivity contribution < 1.29 is 9.59 Å². The monoisotopic (exact) mass is 415 g/mol. The van der Waals surface area contributed by atoms with E-state index >= 15 is 0 Å². The predicted octanol–water partition coefficient (Wildman–Crippen LogP) is 3.53. The van der Waals surface area contributed by atoms with Crippen LogP contribution in [0.3, 0.4) is 0 Å². The molecule has 7 heteroatoms. The molecule has 7 nitrogen and oxygen atoms in total. The molecular formula is C23H37N5O2. The third-order valence-electron chi connectivity index (χ3n) is 6.23. The lowest BCUT2D eigenvalue weighted by molar-refractivity contribution is -0.114. The first kappa shape index (κ1) is 22.7. The number of aliphatic imine (C=N–C) groups is 1. The van der Waals surface area contributed by atoms with Crippen LogP contribution in [0.25, 0.3) is 0 Å². The van der Waals surface area contributed by atoms with E-state index in [1.165, 1.54) is 25.7 Å². The molecule has 2 aliphatic rings. The van der Waals surface area contributed by atoms with Gasteiger partial charge in [-0.3, -0.25) is 9.59 Å². The molecule has 166 valence electrons. The standard InChI is InChI=1S/C23H37N5O2/c1-23(2,3)19(22(30)24-4)26-21(29)18-17-15-27(5)13-10-14-28(17)20(25-18)16-11-8-6-7-9-12-16/h16H,6-15H2,1-5H3,(H,24,30). The molecule has 3 rings (SSSR count). The molecule has 1 fully saturated rings. The maximum Gasteiger partial charge on any atom is 0.297 e. The van der Waals surface area contributed by atoms with E-state index in [4.69, 9.17) is 4.98 Å². The number of rotatable bonds is 3. The average Bonchev–Trinajstić information content (AvgIpc) is 2.88. The minimum absolute atomic E-state index is 0.245. The van der Waals surface area contributed by atoms with Gasteiger partial charge in [0.2, 0.25) is 0 Å². The van der Waals surface area contributed by atoms with Crippen LogP contribution in [0, 0.1) is 5.41 Å². The Labute approximate surface area is 180 Å². The van der Waals surface area contributed by atoms with Crippen molar-refractivity contribution in [3.05, 3.63) is 17.2 Å². The number of nitrogens with zero attached hydrogens (tertiary/aromatic N) is 4. The fourth-order valence-corrected chi connectivity index (χ4v) is 4.60. The van der Waals surface area contributed by atoms with E-state index in [1.54, 1.807) is 7.05 Å². The fourth-order valence-electron chi connectivity index (χ4n) is 4.60. The average molecular weight is 416 g/mol. The summed E-state index contributed by atoms with van der Waals surface area (Å²) in [6.45, 7) is 8.25. The lowest BCUT2D eigenvalue weighted by atomic mass is 9.89. The smallest absolute Gasteiger partial charge is 0.297 e. The van der Waals surface area contributed by atoms with Crippen molar-refractivity contribution in [2.45, 2.75) is 84.7 Å². The summed E-state index contributed by atoms with van der Waals surface area (Å²) in [7, 11) is 3.65. The molecule has 1 saturated carbocycles. The van der Waals surface area contributed by atoms with Gasteiger partial charge >= 0.3 is 0 Å². The highest BCUT2D eigenvalue weighted by Crippen LogP contribution is 2.33. The predicted molar refractivity (Wildman–Crippen MR) is 119 cm³/mol. The van der Waals surface area contributed by atoms with Gasteiger partial charge in [-0.2, -0.15) is 0 Å². The molecule has 0 saturated heterocycles. The van der Waals surface area contributed by atoms with Gasteiger partial charge in [-0.25, -0.2) is 9.98 Å². The number of hydrogen-bond donors (Lipinski definition) is 1. The van der Waals surface area contributed by atoms with E-state index in [9.17, 15) is 9.59 Å². The van der Waals surface area contributed by atoms with E-state index in [2.05, 4.69) is 26.8 Å². The molecule has 2 heterocycles. The van der Waals surface area contributed by atoms with Crippen LogP contribution in [-0.4, -0.2) is 52.6 Å². The zero-order chi connectivity index (χ0) is 21.9. The van der Waals surface area contributed by atoms with Gasteiger partial charge in [-0.05, 0) is 32.9 Å². The second-order valence-corrected chi connectivity index (χ2v) is 9.79. The fraction of sp³-hybridized carbons (Fsp3) is 0.739. The first-order valence-corrected chi connectivity index (χ1v) is 11.4. The third-order valence-corrected chi connectivity index (χ3v) is 6.23. The van der Waals surface area contributed by atoms with Crippen LogP contribution in [0.4, 0.5) is 0 Å². The van der Waals surface area contributed by atoms with Crippen molar-refractivity contribution in [1.29, 1.82) is 0 Å². The Morgan fingerprint density at radius 2 is 1.73 bits per heavy atom. The summed E-state index contributed by atoms with van der Waals surface area (Å²) in [4.78, 5) is 37.1. The lowest BCUT2D eigenvalue weighted by Crippen LogP contribution is -2.37. The molecule has 2 amide bonds. The van der Waals surface area contributed by atoms with Gasteiger partial charge in [-0.15, -0.1) is 0 Å². The zero-order valence-corrected chi connectivity index (χ0v) is 19.3. The van der Waals surface area contributed by atoms with Crippen LogP contribution in [-0.2, 0) is 17.9 Å². The number of carbonyl (C=O) groups excluding carboxylic acids is 2. The topological polar surface area (TPSA) is 79.6 Å². The first-order chi connectivity index (χ1) is 14.2. The van der Waals surface area contributed by atoms with E-state index in [0.29, 0.717) is 18.2 Å². The van der Waals surface area contributed by atoms with Crippen molar-refractivity contribution in [3.63, 3.8) is 0 Å². The number of fused-ring (bicyclic) bond motifs is 1. The minimum Gasteiger partial charge on any atom is -0.354 e. The number of nitrogens with one attached hydrogen (secondary N) is 1. The number of hydrogen-bond acceptors (Lipinski definition) is 4. The van der Waals surface area contributed by atoms with E-state index in [0.717, 1.165) is 43.9 Å². The van der Waals surface area contributed by atoms with Crippen molar-refractivity contribution in [2.75, 3.05) is 20.6 Å². The van der Waals surface area contributed by atoms with E-state index < -0.39 is 11.3 Å².